The lowest BCUT2D eigenvalue weighted by molar-refractivity contribution is -0.153. The van der Waals surface area contributed by atoms with Crippen LogP contribution in [0.1, 0.15) is 30.9 Å². The fourth-order valence-corrected chi connectivity index (χ4v) is 4.37. The van der Waals surface area contributed by atoms with Crippen LogP contribution in [0.2, 0.25) is 0 Å². The molecule has 2 heterocycles. The van der Waals surface area contributed by atoms with Gasteiger partial charge in [0.05, 0.1) is 0 Å². The average Bonchev–Trinajstić information content (AvgIpc) is 3.21. The summed E-state index contributed by atoms with van der Waals surface area (Å²) in [5.74, 6) is 0.198. The van der Waals surface area contributed by atoms with Gasteiger partial charge in [-0.15, -0.1) is 0 Å². The van der Waals surface area contributed by atoms with Crippen molar-refractivity contribution in [2.45, 2.75) is 44.2 Å². The summed E-state index contributed by atoms with van der Waals surface area (Å²) in [5.41, 5.74) is 2.44. The molecule has 3 aliphatic rings. The predicted octanol–water partition coefficient (Wildman–Crippen LogP) is 1.87. The number of amides is 1. The van der Waals surface area contributed by atoms with Crippen molar-refractivity contribution in [3.63, 3.8) is 0 Å². The highest BCUT2D eigenvalue weighted by molar-refractivity contribution is 5.85. The van der Waals surface area contributed by atoms with Gasteiger partial charge in [-0.1, -0.05) is 24.3 Å². The molecule has 2 fully saturated rings. The van der Waals surface area contributed by atoms with Crippen molar-refractivity contribution in [1.29, 1.82) is 0 Å². The first-order valence-corrected chi connectivity index (χ1v) is 8.90. The van der Waals surface area contributed by atoms with Crippen molar-refractivity contribution >= 4 is 5.91 Å². The molecule has 0 bridgehead atoms. The van der Waals surface area contributed by atoms with Crippen molar-refractivity contribution in [2.24, 2.45) is 0 Å². The summed E-state index contributed by atoms with van der Waals surface area (Å²) in [5, 5.41) is 0. The van der Waals surface area contributed by atoms with Crippen LogP contribution in [0.4, 0.5) is 0 Å². The fourth-order valence-electron chi connectivity index (χ4n) is 4.37. The Hall–Kier alpha value is -1.39. The lowest BCUT2D eigenvalue weighted by Crippen LogP contribution is -2.56. The molecule has 1 unspecified atom stereocenters. The van der Waals surface area contributed by atoms with Gasteiger partial charge in [-0.25, -0.2) is 0 Å². The van der Waals surface area contributed by atoms with Gasteiger partial charge >= 0.3 is 0 Å². The number of rotatable bonds is 2. The minimum atomic E-state index is -0.564. The van der Waals surface area contributed by atoms with Gasteiger partial charge in [0.2, 0.25) is 0 Å². The highest BCUT2D eigenvalue weighted by Gasteiger charge is 2.41. The summed E-state index contributed by atoms with van der Waals surface area (Å²) in [6, 6.07) is 9.41. The number of hydrogen-bond donors (Lipinski definition) is 0. The molecule has 4 heteroatoms. The van der Waals surface area contributed by atoms with Gasteiger partial charge in [0.1, 0.15) is 5.60 Å². The first-order chi connectivity index (χ1) is 11.2. The Morgan fingerprint density at radius 1 is 1.13 bits per heavy atom. The first-order valence-electron chi connectivity index (χ1n) is 8.90. The van der Waals surface area contributed by atoms with Crippen LogP contribution in [0, 0.1) is 0 Å². The zero-order valence-electron chi connectivity index (χ0n) is 14.0. The second-order valence-electron chi connectivity index (χ2n) is 7.34. The predicted molar refractivity (Wildman–Crippen MR) is 89.4 cm³/mol. The van der Waals surface area contributed by atoms with E-state index in [1.165, 1.54) is 11.1 Å². The third-order valence-electron chi connectivity index (χ3n) is 5.82. The molecule has 0 aromatic heterocycles. The molecular formula is C19H26N2O2. The standard InChI is InChI=1S/C19H26N2O2/c1-19(7-4-12-23-19)18(22)21-10-8-20(9-11-21)17-13-15-5-2-3-6-16(15)14-17/h2-3,5-6,17H,4,7-14H2,1H3. The number of piperazine rings is 1. The lowest BCUT2D eigenvalue weighted by atomic mass is 10.0. The van der Waals surface area contributed by atoms with Gasteiger partial charge in [-0.2, -0.15) is 0 Å². The molecule has 0 spiro atoms. The molecular weight excluding hydrogens is 288 g/mol. The molecule has 2 aliphatic heterocycles. The van der Waals surface area contributed by atoms with Crippen LogP contribution < -0.4 is 0 Å². The van der Waals surface area contributed by atoms with Gasteiger partial charge in [0.15, 0.2) is 0 Å². The first kappa shape index (κ1) is 15.2. The third kappa shape index (κ3) is 2.79. The molecule has 0 radical (unpaired) electrons. The average molecular weight is 314 g/mol. The summed E-state index contributed by atoms with van der Waals surface area (Å²) in [6.07, 6.45) is 4.18. The number of ether oxygens (including phenoxy) is 1. The third-order valence-corrected chi connectivity index (χ3v) is 5.82. The summed E-state index contributed by atoms with van der Waals surface area (Å²) in [4.78, 5) is 17.3. The highest BCUT2D eigenvalue weighted by Crippen LogP contribution is 2.29. The lowest BCUT2D eigenvalue weighted by Gasteiger charge is -2.40. The van der Waals surface area contributed by atoms with Crippen LogP contribution in [0.3, 0.4) is 0 Å². The van der Waals surface area contributed by atoms with Crippen molar-refractivity contribution in [3.8, 4) is 0 Å². The van der Waals surface area contributed by atoms with Crippen LogP contribution >= 0.6 is 0 Å². The van der Waals surface area contributed by atoms with Crippen LogP contribution in [0.25, 0.3) is 0 Å². The van der Waals surface area contributed by atoms with E-state index in [0.29, 0.717) is 6.04 Å². The van der Waals surface area contributed by atoms with E-state index in [2.05, 4.69) is 29.2 Å². The van der Waals surface area contributed by atoms with Gasteiger partial charge in [0.25, 0.3) is 5.91 Å². The topological polar surface area (TPSA) is 32.8 Å². The van der Waals surface area contributed by atoms with Gasteiger partial charge in [-0.05, 0) is 43.7 Å². The van der Waals surface area contributed by atoms with Crippen molar-refractivity contribution in [3.05, 3.63) is 35.4 Å². The molecule has 1 atom stereocenters. The zero-order chi connectivity index (χ0) is 15.9. The Balaban J connectivity index is 1.34. The monoisotopic (exact) mass is 314 g/mol. The van der Waals surface area contributed by atoms with E-state index in [1.54, 1.807) is 0 Å². The van der Waals surface area contributed by atoms with E-state index >= 15 is 0 Å². The molecule has 23 heavy (non-hydrogen) atoms. The van der Waals surface area contributed by atoms with Gasteiger partial charge < -0.3 is 9.64 Å². The Labute approximate surface area is 138 Å². The molecule has 4 nitrogen and oxygen atoms in total. The summed E-state index contributed by atoms with van der Waals surface area (Å²) in [6.45, 7) is 6.33. The molecule has 0 N–H and O–H groups in total. The second-order valence-corrected chi connectivity index (χ2v) is 7.34. The maximum absolute atomic E-state index is 12.7. The quantitative estimate of drug-likeness (QED) is 0.835. The largest absolute Gasteiger partial charge is 0.365 e. The number of fused-ring (bicyclic) bond motifs is 1. The van der Waals surface area contributed by atoms with Gasteiger partial charge in [-0.3, -0.25) is 9.69 Å². The summed E-state index contributed by atoms with van der Waals surface area (Å²) >= 11 is 0. The van der Waals surface area contributed by atoms with E-state index in [9.17, 15) is 4.79 Å². The van der Waals surface area contributed by atoms with Crippen LogP contribution in [0.15, 0.2) is 24.3 Å². The molecule has 1 aromatic carbocycles. The molecule has 4 rings (SSSR count). The minimum absolute atomic E-state index is 0.198. The number of hydrogen-bond acceptors (Lipinski definition) is 3. The Morgan fingerprint density at radius 2 is 1.78 bits per heavy atom. The molecule has 0 saturated carbocycles. The van der Waals surface area contributed by atoms with Gasteiger partial charge in [0, 0.05) is 38.8 Å². The van der Waals surface area contributed by atoms with Crippen LogP contribution in [0.5, 0.6) is 0 Å². The Kier molecular flexibility index (Phi) is 3.90. The molecule has 124 valence electrons. The molecule has 1 amide bonds. The molecule has 1 aromatic rings. The molecule has 1 aliphatic carbocycles. The summed E-state index contributed by atoms with van der Waals surface area (Å²) < 4.78 is 5.72. The Bertz CT molecular complexity index is 562. The van der Waals surface area contributed by atoms with E-state index < -0.39 is 5.60 Å². The molecule has 2 saturated heterocycles. The van der Waals surface area contributed by atoms with E-state index in [1.807, 2.05) is 11.8 Å². The summed E-state index contributed by atoms with van der Waals surface area (Å²) in [7, 11) is 0. The van der Waals surface area contributed by atoms with Crippen molar-refractivity contribution in [2.75, 3.05) is 32.8 Å². The van der Waals surface area contributed by atoms with Crippen molar-refractivity contribution in [1.82, 2.24) is 9.80 Å². The number of carbonyl (C=O) groups is 1. The van der Waals surface area contributed by atoms with Crippen molar-refractivity contribution < 1.29 is 9.53 Å². The zero-order valence-corrected chi connectivity index (χ0v) is 14.0. The maximum Gasteiger partial charge on any atom is 0.254 e. The Morgan fingerprint density at radius 3 is 2.35 bits per heavy atom. The smallest absolute Gasteiger partial charge is 0.254 e. The minimum Gasteiger partial charge on any atom is -0.365 e. The number of nitrogens with zero attached hydrogens (tertiary/aromatic N) is 2. The SMILES string of the molecule is CC1(C(=O)N2CCN(C3Cc4ccccc4C3)CC2)CCCO1. The van der Waals surface area contributed by atoms with Crippen LogP contribution in [-0.4, -0.2) is 60.1 Å². The van der Waals surface area contributed by atoms with E-state index in [-0.39, 0.29) is 5.91 Å². The fraction of sp³-hybridized carbons (Fsp3) is 0.632. The van der Waals surface area contributed by atoms with E-state index in [4.69, 9.17) is 4.74 Å². The van der Waals surface area contributed by atoms with E-state index in [0.717, 1.165) is 58.5 Å². The van der Waals surface area contributed by atoms with Crippen LogP contribution in [-0.2, 0) is 22.4 Å². The number of benzene rings is 1. The maximum atomic E-state index is 12.7. The normalized spacial score (nSPS) is 29.0. The number of carbonyl (C=O) groups excluding carboxylic acids is 1. The second kappa shape index (κ2) is 5.91. The highest BCUT2D eigenvalue weighted by atomic mass is 16.5.